The summed E-state index contributed by atoms with van der Waals surface area (Å²) in [7, 11) is 4.18. The summed E-state index contributed by atoms with van der Waals surface area (Å²) < 4.78 is 5.41. The standard InChI is InChI=1S/C9H17NOS/c1-10(2)9-7-11-5-3-8(9)4-6-12/h4,9,12H,3,5-7H2,1-2H3/b8-4+. The molecule has 0 aliphatic carbocycles. The molecule has 0 N–H and O–H groups in total. The Kier molecular flexibility index (Phi) is 4.12. The number of ether oxygens (including phenoxy) is 1. The first-order valence-corrected chi connectivity index (χ1v) is 4.93. The van der Waals surface area contributed by atoms with Gasteiger partial charge < -0.3 is 9.64 Å². The highest BCUT2D eigenvalue weighted by atomic mass is 32.1. The van der Waals surface area contributed by atoms with Crippen LogP contribution >= 0.6 is 12.6 Å². The predicted molar refractivity (Wildman–Crippen MR) is 54.8 cm³/mol. The number of hydrogen-bond acceptors (Lipinski definition) is 3. The Balaban J connectivity index is 2.60. The van der Waals surface area contributed by atoms with Crippen LogP contribution in [0, 0.1) is 0 Å². The minimum atomic E-state index is 0.464. The molecule has 1 atom stereocenters. The first kappa shape index (κ1) is 10.1. The topological polar surface area (TPSA) is 12.5 Å². The zero-order chi connectivity index (χ0) is 8.97. The highest BCUT2D eigenvalue weighted by molar-refractivity contribution is 7.80. The summed E-state index contributed by atoms with van der Waals surface area (Å²) in [4.78, 5) is 2.20. The van der Waals surface area contributed by atoms with Crippen molar-refractivity contribution in [1.82, 2.24) is 4.90 Å². The van der Waals surface area contributed by atoms with Crippen LogP contribution in [0.15, 0.2) is 11.6 Å². The Morgan fingerprint density at radius 1 is 1.67 bits per heavy atom. The van der Waals surface area contributed by atoms with E-state index in [-0.39, 0.29) is 0 Å². The molecule has 1 saturated heterocycles. The second kappa shape index (κ2) is 4.90. The van der Waals surface area contributed by atoms with Crippen LogP contribution in [-0.2, 0) is 4.74 Å². The molecule has 1 heterocycles. The molecule has 1 fully saturated rings. The van der Waals surface area contributed by atoms with Crippen LogP contribution in [0.3, 0.4) is 0 Å². The molecule has 0 radical (unpaired) electrons. The molecule has 0 aromatic carbocycles. The third-order valence-electron chi connectivity index (χ3n) is 2.22. The van der Waals surface area contributed by atoms with Gasteiger partial charge >= 0.3 is 0 Å². The van der Waals surface area contributed by atoms with E-state index in [9.17, 15) is 0 Å². The third-order valence-corrected chi connectivity index (χ3v) is 2.40. The highest BCUT2D eigenvalue weighted by Crippen LogP contribution is 2.17. The van der Waals surface area contributed by atoms with Crippen LogP contribution in [-0.4, -0.2) is 44.0 Å². The molecule has 0 saturated carbocycles. The number of thiol groups is 1. The summed E-state index contributed by atoms with van der Waals surface area (Å²) in [5.41, 5.74) is 1.47. The van der Waals surface area contributed by atoms with Gasteiger partial charge in [0, 0.05) is 5.75 Å². The van der Waals surface area contributed by atoms with Crippen molar-refractivity contribution in [2.75, 3.05) is 33.1 Å². The molecule has 0 amide bonds. The first-order chi connectivity index (χ1) is 5.75. The van der Waals surface area contributed by atoms with Crippen molar-refractivity contribution in [3.63, 3.8) is 0 Å². The minimum absolute atomic E-state index is 0.464. The number of nitrogens with zero attached hydrogens (tertiary/aromatic N) is 1. The normalized spacial score (nSPS) is 28.3. The monoisotopic (exact) mass is 187 g/mol. The minimum Gasteiger partial charge on any atom is -0.379 e. The largest absolute Gasteiger partial charge is 0.379 e. The molecular weight excluding hydrogens is 170 g/mol. The smallest absolute Gasteiger partial charge is 0.0660 e. The van der Waals surface area contributed by atoms with Crippen LogP contribution in [0.1, 0.15) is 6.42 Å². The molecule has 12 heavy (non-hydrogen) atoms. The SMILES string of the molecule is CN(C)C1COCC/C1=C\CS. The number of hydrogen-bond donors (Lipinski definition) is 1. The molecule has 1 aliphatic heterocycles. The van der Waals surface area contributed by atoms with Crippen LogP contribution < -0.4 is 0 Å². The Labute approximate surface area is 80.0 Å². The van der Waals surface area contributed by atoms with Gasteiger partial charge in [0.2, 0.25) is 0 Å². The van der Waals surface area contributed by atoms with Crippen molar-refractivity contribution in [1.29, 1.82) is 0 Å². The lowest BCUT2D eigenvalue weighted by molar-refractivity contribution is 0.0660. The molecule has 1 rings (SSSR count). The molecule has 0 bridgehead atoms. The zero-order valence-corrected chi connectivity index (χ0v) is 8.68. The maximum Gasteiger partial charge on any atom is 0.0660 e. The van der Waals surface area contributed by atoms with E-state index >= 15 is 0 Å². The van der Waals surface area contributed by atoms with Crippen molar-refractivity contribution in [2.24, 2.45) is 0 Å². The molecule has 0 aromatic rings. The van der Waals surface area contributed by atoms with Crippen molar-refractivity contribution in [3.8, 4) is 0 Å². The Bertz CT molecular complexity index is 168. The fraction of sp³-hybridized carbons (Fsp3) is 0.778. The Hall–Kier alpha value is 0.01000. The van der Waals surface area contributed by atoms with Crippen LogP contribution in [0.2, 0.25) is 0 Å². The van der Waals surface area contributed by atoms with Crippen molar-refractivity contribution in [3.05, 3.63) is 11.6 Å². The summed E-state index contributed by atoms with van der Waals surface area (Å²) in [6.07, 6.45) is 3.26. The fourth-order valence-corrected chi connectivity index (χ4v) is 1.73. The number of likely N-dealkylation sites (N-methyl/N-ethyl adjacent to an activating group) is 1. The summed E-state index contributed by atoms with van der Waals surface area (Å²) in [5.74, 6) is 0.833. The lowest BCUT2D eigenvalue weighted by atomic mass is 10.0. The van der Waals surface area contributed by atoms with E-state index < -0.39 is 0 Å². The second-order valence-corrected chi connectivity index (χ2v) is 3.63. The molecular formula is C9H17NOS. The van der Waals surface area contributed by atoms with Crippen molar-refractivity contribution in [2.45, 2.75) is 12.5 Å². The third kappa shape index (κ3) is 2.51. The van der Waals surface area contributed by atoms with Crippen LogP contribution in [0.5, 0.6) is 0 Å². The average molecular weight is 187 g/mol. The maximum atomic E-state index is 5.41. The van der Waals surface area contributed by atoms with E-state index in [0.29, 0.717) is 6.04 Å². The van der Waals surface area contributed by atoms with Crippen LogP contribution in [0.25, 0.3) is 0 Å². The van der Waals surface area contributed by atoms with E-state index in [0.717, 1.165) is 25.4 Å². The first-order valence-electron chi connectivity index (χ1n) is 4.29. The van der Waals surface area contributed by atoms with Gasteiger partial charge in [-0.25, -0.2) is 0 Å². The summed E-state index contributed by atoms with van der Waals surface area (Å²) in [6, 6.07) is 0.464. The van der Waals surface area contributed by atoms with Gasteiger partial charge in [0.15, 0.2) is 0 Å². The summed E-state index contributed by atoms with van der Waals surface area (Å²) in [5, 5.41) is 0. The summed E-state index contributed by atoms with van der Waals surface area (Å²) in [6.45, 7) is 1.69. The predicted octanol–water partition coefficient (Wildman–Crippen LogP) is 1.19. The Morgan fingerprint density at radius 3 is 3.00 bits per heavy atom. The van der Waals surface area contributed by atoms with Gasteiger partial charge in [-0.3, -0.25) is 0 Å². The lowest BCUT2D eigenvalue weighted by Crippen LogP contribution is -2.37. The summed E-state index contributed by atoms with van der Waals surface area (Å²) >= 11 is 4.20. The van der Waals surface area contributed by atoms with Gasteiger partial charge in [-0.2, -0.15) is 12.6 Å². The van der Waals surface area contributed by atoms with E-state index in [1.165, 1.54) is 5.57 Å². The van der Waals surface area contributed by atoms with E-state index in [1.54, 1.807) is 0 Å². The molecule has 1 unspecified atom stereocenters. The van der Waals surface area contributed by atoms with Gasteiger partial charge in [-0.15, -0.1) is 0 Å². The fourth-order valence-electron chi connectivity index (χ4n) is 1.49. The van der Waals surface area contributed by atoms with Crippen molar-refractivity contribution < 1.29 is 4.74 Å². The number of rotatable bonds is 2. The van der Waals surface area contributed by atoms with Crippen molar-refractivity contribution >= 4 is 12.6 Å². The van der Waals surface area contributed by atoms with Gasteiger partial charge in [0.25, 0.3) is 0 Å². The quantitative estimate of drug-likeness (QED) is 0.515. The highest BCUT2D eigenvalue weighted by Gasteiger charge is 2.20. The average Bonchev–Trinajstić information content (AvgIpc) is 2.05. The molecule has 3 heteroatoms. The lowest BCUT2D eigenvalue weighted by Gasteiger charge is -2.30. The molecule has 0 aromatic heterocycles. The molecule has 2 nitrogen and oxygen atoms in total. The van der Waals surface area contributed by atoms with Crippen LogP contribution in [0.4, 0.5) is 0 Å². The molecule has 1 aliphatic rings. The van der Waals surface area contributed by atoms with E-state index in [1.807, 2.05) is 0 Å². The van der Waals surface area contributed by atoms with Gasteiger partial charge in [0.1, 0.15) is 0 Å². The molecule has 70 valence electrons. The zero-order valence-electron chi connectivity index (χ0n) is 7.79. The maximum absolute atomic E-state index is 5.41. The van der Waals surface area contributed by atoms with Gasteiger partial charge in [-0.1, -0.05) is 11.6 Å². The molecule has 0 spiro atoms. The van der Waals surface area contributed by atoms with Gasteiger partial charge in [0.05, 0.1) is 19.3 Å². The van der Waals surface area contributed by atoms with Gasteiger partial charge in [-0.05, 0) is 20.5 Å². The Morgan fingerprint density at radius 2 is 2.42 bits per heavy atom. The van der Waals surface area contributed by atoms with E-state index in [2.05, 4.69) is 37.7 Å². The van der Waals surface area contributed by atoms with E-state index in [4.69, 9.17) is 4.74 Å². The second-order valence-electron chi connectivity index (χ2n) is 3.27.